The van der Waals surface area contributed by atoms with Crippen molar-refractivity contribution >= 4 is 40.0 Å². The molecule has 0 spiro atoms. The summed E-state index contributed by atoms with van der Waals surface area (Å²) in [6.45, 7) is 4.91. The minimum Gasteiger partial charge on any atom is -0.497 e. The van der Waals surface area contributed by atoms with Crippen LogP contribution in [-0.2, 0) is 4.74 Å². The number of pyridine rings is 1. The number of anilines is 5. The molecule has 5 rings (SSSR count). The molecule has 9 heteroatoms. The number of hydrogen-bond acceptors (Lipinski definition) is 8. The third-order valence-corrected chi connectivity index (χ3v) is 5.87. The second kappa shape index (κ2) is 9.48. The van der Waals surface area contributed by atoms with Crippen molar-refractivity contribution in [3.8, 4) is 11.5 Å². The van der Waals surface area contributed by atoms with Gasteiger partial charge >= 0.3 is 0 Å². The molecule has 0 amide bonds. The Balaban J connectivity index is 1.53. The number of methoxy groups -OCH3 is 2. The predicted molar refractivity (Wildman–Crippen MR) is 134 cm³/mol. The van der Waals surface area contributed by atoms with Gasteiger partial charge in [0.2, 0.25) is 5.95 Å². The summed E-state index contributed by atoms with van der Waals surface area (Å²) in [5.41, 5.74) is 4.56. The first-order valence-corrected chi connectivity index (χ1v) is 11.2. The molecule has 0 atom stereocenters. The Morgan fingerprint density at radius 1 is 0.853 bits per heavy atom. The van der Waals surface area contributed by atoms with Crippen molar-refractivity contribution in [1.82, 2.24) is 15.0 Å². The minimum absolute atomic E-state index is 0.654. The molecule has 176 valence electrons. The Labute approximate surface area is 198 Å². The molecule has 9 nitrogen and oxygen atoms in total. The van der Waals surface area contributed by atoms with Crippen LogP contribution in [0.4, 0.5) is 29.0 Å². The number of fused-ring (bicyclic) bond motifs is 1. The maximum atomic E-state index is 5.56. The third kappa shape index (κ3) is 4.42. The summed E-state index contributed by atoms with van der Waals surface area (Å²) in [6.07, 6.45) is 0. The highest BCUT2D eigenvalue weighted by Crippen LogP contribution is 2.34. The maximum absolute atomic E-state index is 5.56. The number of benzene rings is 2. The number of H-pyrrole nitrogens is 1. The average molecular weight is 461 g/mol. The maximum Gasteiger partial charge on any atom is 0.205 e. The quantitative estimate of drug-likeness (QED) is 0.368. The molecule has 1 aliphatic heterocycles. The number of ether oxygens (including phenoxy) is 3. The fourth-order valence-corrected chi connectivity index (χ4v) is 3.97. The number of nitrogens with zero attached hydrogens (tertiary/aromatic N) is 3. The van der Waals surface area contributed by atoms with E-state index < -0.39 is 0 Å². The van der Waals surface area contributed by atoms with Crippen LogP contribution in [0.25, 0.3) is 11.0 Å². The zero-order valence-corrected chi connectivity index (χ0v) is 19.5. The van der Waals surface area contributed by atoms with Gasteiger partial charge in [0.15, 0.2) is 5.82 Å². The van der Waals surface area contributed by atoms with E-state index in [1.165, 1.54) is 0 Å². The largest absolute Gasteiger partial charge is 0.497 e. The van der Waals surface area contributed by atoms with Crippen LogP contribution in [0.2, 0.25) is 0 Å². The molecule has 1 aliphatic rings. The van der Waals surface area contributed by atoms with E-state index in [-0.39, 0.29) is 0 Å². The van der Waals surface area contributed by atoms with Gasteiger partial charge in [-0.05, 0) is 55.5 Å². The van der Waals surface area contributed by atoms with E-state index in [1.807, 2.05) is 55.5 Å². The van der Waals surface area contributed by atoms with Gasteiger partial charge in [-0.25, -0.2) is 9.97 Å². The Hall–Kier alpha value is -3.98. The highest BCUT2D eigenvalue weighted by Gasteiger charge is 2.22. The normalized spacial score (nSPS) is 13.7. The number of nitrogens with one attached hydrogen (secondary N) is 3. The zero-order valence-electron chi connectivity index (χ0n) is 19.5. The molecule has 34 heavy (non-hydrogen) atoms. The lowest BCUT2D eigenvalue weighted by Crippen LogP contribution is -2.37. The molecular formula is C25H28N6O3. The van der Waals surface area contributed by atoms with Crippen LogP contribution >= 0.6 is 0 Å². The van der Waals surface area contributed by atoms with E-state index in [4.69, 9.17) is 24.2 Å². The van der Waals surface area contributed by atoms with Crippen molar-refractivity contribution in [3.05, 3.63) is 54.1 Å². The van der Waals surface area contributed by atoms with E-state index in [0.29, 0.717) is 19.2 Å². The number of morpholine rings is 1. The summed E-state index contributed by atoms with van der Waals surface area (Å²) in [5, 5.41) is 6.81. The van der Waals surface area contributed by atoms with Gasteiger partial charge in [-0.3, -0.25) is 0 Å². The number of aryl methyl sites for hydroxylation is 1. The van der Waals surface area contributed by atoms with Gasteiger partial charge in [-0.15, -0.1) is 0 Å². The number of rotatable bonds is 7. The first-order valence-electron chi connectivity index (χ1n) is 11.2. The molecule has 3 heterocycles. The molecule has 0 radical (unpaired) electrons. The number of aromatic nitrogens is 3. The molecule has 0 unspecified atom stereocenters. The summed E-state index contributed by atoms with van der Waals surface area (Å²) >= 11 is 0. The van der Waals surface area contributed by atoms with Crippen LogP contribution < -0.4 is 25.0 Å². The average Bonchev–Trinajstić information content (AvgIpc) is 3.31. The van der Waals surface area contributed by atoms with Gasteiger partial charge < -0.3 is 34.7 Å². The summed E-state index contributed by atoms with van der Waals surface area (Å²) in [5.74, 6) is 3.89. The molecule has 2 aromatic carbocycles. The summed E-state index contributed by atoms with van der Waals surface area (Å²) in [6, 6.07) is 15.5. The van der Waals surface area contributed by atoms with Crippen LogP contribution in [0, 0.1) is 6.92 Å². The molecular weight excluding hydrogens is 432 g/mol. The second-order valence-corrected chi connectivity index (χ2v) is 8.02. The fourth-order valence-electron chi connectivity index (χ4n) is 3.97. The van der Waals surface area contributed by atoms with Gasteiger partial charge in [-0.1, -0.05) is 0 Å². The number of imidazole rings is 1. The summed E-state index contributed by atoms with van der Waals surface area (Å²) in [4.78, 5) is 15.6. The van der Waals surface area contributed by atoms with Crippen LogP contribution in [0.5, 0.6) is 11.5 Å². The van der Waals surface area contributed by atoms with E-state index in [0.717, 1.165) is 64.2 Å². The van der Waals surface area contributed by atoms with Crippen molar-refractivity contribution in [2.75, 3.05) is 56.1 Å². The highest BCUT2D eigenvalue weighted by molar-refractivity contribution is 5.94. The third-order valence-electron chi connectivity index (χ3n) is 5.87. The molecule has 3 N–H and O–H groups in total. The second-order valence-electron chi connectivity index (χ2n) is 8.02. The lowest BCUT2D eigenvalue weighted by molar-refractivity contribution is 0.122. The smallest absolute Gasteiger partial charge is 0.205 e. The minimum atomic E-state index is 0.654. The summed E-state index contributed by atoms with van der Waals surface area (Å²) in [7, 11) is 3.31. The topological polar surface area (TPSA) is 96.6 Å². The van der Waals surface area contributed by atoms with E-state index in [2.05, 4.69) is 20.5 Å². The Kier molecular flexibility index (Phi) is 6.09. The van der Waals surface area contributed by atoms with Crippen molar-refractivity contribution in [1.29, 1.82) is 0 Å². The van der Waals surface area contributed by atoms with E-state index in [1.54, 1.807) is 14.2 Å². The van der Waals surface area contributed by atoms with Crippen LogP contribution in [0.15, 0.2) is 48.5 Å². The summed E-state index contributed by atoms with van der Waals surface area (Å²) < 4.78 is 16.1. The molecule has 0 aliphatic carbocycles. The van der Waals surface area contributed by atoms with E-state index in [9.17, 15) is 0 Å². The number of hydrogen-bond donors (Lipinski definition) is 3. The van der Waals surface area contributed by atoms with Gasteiger partial charge in [0, 0.05) is 30.0 Å². The van der Waals surface area contributed by atoms with Crippen LogP contribution in [0.3, 0.4) is 0 Å². The molecule has 0 saturated carbocycles. The molecule has 1 saturated heterocycles. The first kappa shape index (κ1) is 21.8. The lowest BCUT2D eigenvalue weighted by atomic mass is 10.2. The predicted octanol–water partition coefficient (Wildman–Crippen LogP) is 4.61. The van der Waals surface area contributed by atoms with Crippen LogP contribution in [-0.4, -0.2) is 55.5 Å². The fraction of sp³-hybridized carbons (Fsp3) is 0.280. The molecule has 2 aromatic heterocycles. The SMILES string of the molecule is COc1ccc(Nc2nc3c(C)c(Nc4ccc(OC)cc4)nc(N4CCOCC4)c3[nH]2)cc1. The number of aromatic amines is 1. The monoisotopic (exact) mass is 460 g/mol. The highest BCUT2D eigenvalue weighted by atomic mass is 16.5. The first-order chi connectivity index (χ1) is 16.6. The van der Waals surface area contributed by atoms with Crippen molar-refractivity contribution < 1.29 is 14.2 Å². The zero-order chi connectivity index (χ0) is 23.5. The Morgan fingerprint density at radius 2 is 1.44 bits per heavy atom. The molecule has 1 fully saturated rings. The lowest BCUT2D eigenvalue weighted by Gasteiger charge is -2.28. The Morgan fingerprint density at radius 3 is 2.03 bits per heavy atom. The van der Waals surface area contributed by atoms with Gasteiger partial charge in [-0.2, -0.15) is 0 Å². The van der Waals surface area contributed by atoms with Crippen molar-refractivity contribution in [2.45, 2.75) is 6.92 Å². The van der Waals surface area contributed by atoms with Gasteiger partial charge in [0.1, 0.15) is 28.4 Å². The van der Waals surface area contributed by atoms with Gasteiger partial charge in [0.25, 0.3) is 0 Å². The molecule has 0 bridgehead atoms. The van der Waals surface area contributed by atoms with Gasteiger partial charge in [0.05, 0.1) is 27.4 Å². The molecule has 4 aromatic rings. The Bertz CT molecular complexity index is 1260. The van der Waals surface area contributed by atoms with Crippen molar-refractivity contribution in [3.63, 3.8) is 0 Å². The van der Waals surface area contributed by atoms with Crippen molar-refractivity contribution in [2.24, 2.45) is 0 Å². The van der Waals surface area contributed by atoms with E-state index >= 15 is 0 Å². The van der Waals surface area contributed by atoms with Crippen LogP contribution in [0.1, 0.15) is 5.56 Å². The standard InChI is InChI=1S/C25H28N6O3/c1-16-21-22(29-25(28-21)27-18-6-10-20(33-3)11-7-18)24(31-12-14-34-15-13-31)30-23(16)26-17-4-8-19(32-2)9-5-17/h4-11H,12-15H2,1-3H3,(H,26,30)(H2,27,28,29).